The van der Waals surface area contributed by atoms with E-state index in [9.17, 15) is 5.11 Å². The van der Waals surface area contributed by atoms with Crippen LogP contribution >= 0.6 is 11.3 Å². The Bertz CT molecular complexity index is 939. The van der Waals surface area contributed by atoms with E-state index >= 15 is 0 Å². The zero-order chi connectivity index (χ0) is 18.3. The minimum atomic E-state index is -0.305. The van der Waals surface area contributed by atoms with Crippen molar-refractivity contribution in [2.75, 3.05) is 0 Å². The molecule has 0 fully saturated rings. The first kappa shape index (κ1) is 17.3. The fourth-order valence-corrected chi connectivity index (χ4v) is 4.68. The van der Waals surface area contributed by atoms with Gasteiger partial charge in [-0.05, 0) is 90.6 Å². The van der Waals surface area contributed by atoms with E-state index < -0.39 is 0 Å². The van der Waals surface area contributed by atoms with Crippen molar-refractivity contribution in [2.24, 2.45) is 0 Å². The molecule has 0 bridgehead atoms. The Morgan fingerprint density at radius 1 is 1.12 bits per heavy atom. The lowest BCUT2D eigenvalue weighted by Crippen LogP contribution is -2.06. The Morgan fingerprint density at radius 3 is 2.73 bits per heavy atom. The van der Waals surface area contributed by atoms with Gasteiger partial charge in [-0.15, -0.1) is 11.3 Å². The van der Waals surface area contributed by atoms with Crippen LogP contribution in [0.2, 0.25) is 0 Å². The maximum absolute atomic E-state index is 10.1. The van der Waals surface area contributed by atoms with Gasteiger partial charge in [0.1, 0.15) is 5.75 Å². The molecule has 1 N–H and O–H groups in total. The second-order valence-corrected chi connectivity index (χ2v) is 8.19. The third-order valence-corrected chi connectivity index (χ3v) is 5.94. The summed E-state index contributed by atoms with van der Waals surface area (Å²) in [6.45, 7) is 6.20. The minimum absolute atomic E-state index is 0.183. The maximum atomic E-state index is 10.1. The summed E-state index contributed by atoms with van der Waals surface area (Å²) in [5, 5.41) is 12.4. The lowest BCUT2D eigenvalue weighted by atomic mass is 10.00. The van der Waals surface area contributed by atoms with E-state index in [0.29, 0.717) is 0 Å². The zero-order valence-electron chi connectivity index (χ0n) is 15.5. The second-order valence-electron chi connectivity index (χ2n) is 7.27. The molecule has 2 nitrogen and oxygen atoms in total. The Morgan fingerprint density at radius 2 is 1.96 bits per heavy atom. The average Bonchev–Trinajstić information content (AvgIpc) is 3.24. The molecule has 2 aromatic carbocycles. The van der Waals surface area contributed by atoms with Crippen LogP contribution in [0.1, 0.15) is 43.1 Å². The van der Waals surface area contributed by atoms with Crippen molar-refractivity contribution in [3.05, 3.63) is 64.5 Å². The van der Waals surface area contributed by atoms with Crippen LogP contribution in [0.25, 0.3) is 21.6 Å². The van der Waals surface area contributed by atoms with Gasteiger partial charge in [0.25, 0.3) is 0 Å². The van der Waals surface area contributed by atoms with Gasteiger partial charge in [-0.25, -0.2) is 0 Å². The van der Waals surface area contributed by atoms with Gasteiger partial charge in [-0.3, -0.25) is 0 Å². The summed E-state index contributed by atoms with van der Waals surface area (Å²) >= 11 is 1.77. The van der Waals surface area contributed by atoms with Gasteiger partial charge in [0.15, 0.2) is 0 Å². The Balaban J connectivity index is 1.67. The normalized spacial score (nSPS) is 16.1. The number of hydrogen-bond donors (Lipinski definition) is 1. The molecule has 3 heteroatoms. The monoisotopic (exact) mass is 364 g/mol. The van der Waals surface area contributed by atoms with Gasteiger partial charge >= 0.3 is 0 Å². The Labute approximate surface area is 159 Å². The largest absolute Gasteiger partial charge is 0.491 e. The van der Waals surface area contributed by atoms with Crippen LogP contribution in [0.15, 0.2) is 47.8 Å². The third-order valence-electron chi connectivity index (χ3n) is 4.97. The number of aliphatic hydroxyl groups excluding tert-OH is 1. The van der Waals surface area contributed by atoms with Crippen molar-refractivity contribution in [3.8, 4) is 27.3 Å². The number of aliphatic hydroxyl groups is 1. The molecule has 1 aromatic heterocycles. The van der Waals surface area contributed by atoms with Crippen molar-refractivity contribution in [1.82, 2.24) is 0 Å². The molecule has 0 radical (unpaired) electrons. The van der Waals surface area contributed by atoms with Crippen molar-refractivity contribution in [2.45, 2.75) is 45.8 Å². The molecule has 1 aliphatic carbocycles. The quantitative estimate of drug-likeness (QED) is 0.601. The summed E-state index contributed by atoms with van der Waals surface area (Å²) in [5.41, 5.74) is 7.29. The van der Waals surface area contributed by atoms with Crippen molar-refractivity contribution >= 4 is 11.3 Å². The van der Waals surface area contributed by atoms with E-state index in [-0.39, 0.29) is 12.2 Å². The topological polar surface area (TPSA) is 29.5 Å². The van der Waals surface area contributed by atoms with Gasteiger partial charge in [-0.2, -0.15) is 0 Å². The van der Waals surface area contributed by atoms with Gasteiger partial charge in [0, 0.05) is 4.88 Å². The summed E-state index contributed by atoms with van der Waals surface area (Å²) in [5.74, 6) is 0.953. The summed E-state index contributed by atoms with van der Waals surface area (Å²) in [6, 6.07) is 15.0. The molecule has 1 atom stereocenters. The molecular formula is C23H24O2S. The zero-order valence-corrected chi connectivity index (χ0v) is 16.3. The number of hydrogen-bond acceptors (Lipinski definition) is 3. The van der Waals surface area contributed by atoms with E-state index in [2.05, 4.69) is 54.8 Å². The highest BCUT2D eigenvalue weighted by Crippen LogP contribution is 2.41. The van der Waals surface area contributed by atoms with Crippen LogP contribution in [0.5, 0.6) is 5.75 Å². The minimum Gasteiger partial charge on any atom is -0.491 e. The molecule has 1 heterocycles. The second kappa shape index (κ2) is 6.90. The van der Waals surface area contributed by atoms with Gasteiger partial charge in [0.2, 0.25) is 0 Å². The fraction of sp³-hybridized carbons (Fsp3) is 0.304. The van der Waals surface area contributed by atoms with Crippen molar-refractivity contribution in [1.29, 1.82) is 0 Å². The molecule has 1 unspecified atom stereocenters. The third kappa shape index (κ3) is 3.17. The summed E-state index contributed by atoms with van der Waals surface area (Å²) in [4.78, 5) is 1.27. The van der Waals surface area contributed by atoms with Crippen LogP contribution in [-0.2, 0) is 6.42 Å². The molecule has 0 saturated heterocycles. The standard InChI is InChI=1S/C23H24O2S/c1-14(2)25-22-10-7-16(11-15(22)3)17-12-23(26-13-17)20-6-4-5-19-18(20)8-9-21(19)24/h4-7,10-14,21,24H,8-9H2,1-3H3. The maximum Gasteiger partial charge on any atom is 0.122 e. The molecule has 0 amide bonds. The van der Waals surface area contributed by atoms with Crippen LogP contribution < -0.4 is 4.74 Å². The lowest BCUT2D eigenvalue weighted by Gasteiger charge is -2.13. The average molecular weight is 365 g/mol. The molecule has 0 aliphatic heterocycles. The van der Waals surface area contributed by atoms with E-state index in [4.69, 9.17) is 4.74 Å². The molecule has 3 aromatic rings. The number of fused-ring (bicyclic) bond motifs is 1. The van der Waals surface area contributed by atoms with E-state index in [0.717, 1.165) is 29.7 Å². The van der Waals surface area contributed by atoms with Gasteiger partial charge < -0.3 is 9.84 Å². The van der Waals surface area contributed by atoms with Crippen molar-refractivity contribution in [3.63, 3.8) is 0 Å². The highest BCUT2D eigenvalue weighted by molar-refractivity contribution is 7.14. The summed E-state index contributed by atoms with van der Waals surface area (Å²) < 4.78 is 5.85. The first-order valence-electron chi connectivity index (χ1n) is 9.19. The van der Waals surface area contributed by atoms with Crippen LogP contribution in [0.4, 0.5) is 0 Å². The molecule has 0 spiro atoms. The molecule has 0 saturated carbocycles. The fourth-order valence-electron chi connectivity index (χ4n) is 3.71. The Hall–Kier alpha value is -2.10. The Kier molecular flexibility index (Phi) is 4.60. The SMILES string of the molecule is Cc1cc(-c2csc(-c3cccc4c3CCC4O)c2)ccc1OC(C)C. The molecule has 26 heavy (non-hydrogen) atoms. The predicted octanol–water partition coefficient (Wildman–Crippen LogP) is 6.16. The number of ether oxygens (including phenoxy) is 1. The number of thiophene rings is 1. The highest BCUT2D eigenvalue weighted by Gasteiger charge is 2.23. The highest BCUT2D eigenvalue weighted by atomic mass is 32.1. The van der Waals surface area contributed by atoms with Crippen LogP contribution in [0.3, 0.4) is 0 Å². The molecule has 1 aliphatic rings. The molecule has 4 rings (SSSR count). The van der Waals surface area contributed by atoms with E-state index in [1.807, 2.05) is 13.8 Å². The van der Waals surface area contributed by atoms with E-state index in [1.165, 1.54) is 27.1 Å². The van der Waals surface area contributed by atoms with E-state index in [1.54, 1.807) is 11.3 Å². The molecular weight excluding hydrogens is 340 g/mol. The number of rotatable bonds is 4. The van der Waals surface area contributed by atoms with Gasteiger partial charge in [-0.1, -0.05) is 24.3 Å². The lowest BCUT2D eigenvalue weighted by molar-refractivity contribution is 0.180. The first-order chi connectivity index (χ1) is 12.5. The summed E-state index contributed by atoms with van der Waals surface area (Å²) in [6.07, 6.45) is 1.67. The predicted molar refractivity (Wildman–Crippen MR) is 109 cm³/mol. The van der Waals surface area contributed by atoms with Crippen molar-refractivity contribution < 1.29 is 9.84 Å². The van der Waals surface area contributed by atoms with Gasteiger partial charge in [0.05, 0.1) is 12.2 Å². The molecule has 134 valence electrons. The summed E-state index contributed by atoms with van der Waals surface area (Å²) in [7, 11) is 0. The van der Waals surface area contributed by atoms with Crippen LogP contribution in [-0.4, -0.2) is 11.2 Å². The number of aryl methyl sites for hydroxylation is 1. The number of benzene rings is 2. The smallest absolute Gasteiger partial charge is 0.122 e. The van der Waals surface area contributed by atoms with Crippen LogP contribution in [0, 0.1) is 6.92 Å². The first-order valence-corrected chi connectivity index (χ1v) is 10.1.